The quantitative estimate of drug-likeness (QED) is 0.911. The molecular weight excluding hydrogens is 250 g/mol. The standard InChI is InChI=1S/C12H21N3S2/c1-4-13-7-11-10(3)14-12(17-11)15-5-6-16-8-9(15)2/h9,13H,4-8H2,1-3H3. The van der Waals surface area contributed by atoms with Gasteiger partial charge in [0.05, 0.1) is 5.69 Å². The number of anilines is 1. The molecule has 2 heterocycles. The first-order chi connectivity index (χ1) is 8.22. The van der Waals surface area contributed by atoms with Gasteiger partial charge in [-0.25, -0.2) is 4.98 Å². The highest BCUT2D eigenvalue weighted by atomic mass is 32.2. The molecule has 0 saturated carbocycles. The second kappa shape index (κ2) is 6.07. The van der Waals surface area contributed by atoms with E-state index in [4.69, 9.17) is 4.98 Å². The number of nitrogens with zero attached hydrogens (tertiary/aromatic N) is 2. The molecule has 1 aliphatic rings. The third-order valence-corrected chi connectivity index (χ3v) is 5.41. The molecule has 3 nitrogen and oxygen atoms in total. The van der Waals surface area contributed by atoms with E-state index in [1.54, 1.807) is 0 Å². The third-order valence-electron chi connectivity index (χ3n) is 3.03. The molecule has 5 heteroatoms. The van der Waals surface area contributed by atoms with Crippen LogP contribution in [0.15, 0.2) is 0 Å². The molecule has 1 N–H and O–H groups in total. The minimum Gasteiger partial charge on any atom is -0.344 e. The second-order valence-electron chi connectivity index (χ2n) is 4.40. The smallest absolute Gasteiger partial charge is 0.186 e. The van der Waals surface area contributed by atoms with E-state index in [1.807, 2.05) is 23.1 Å². The first kappa shape index (κ1) is 13.2. The fourth-order valence-electron chi connectivity index (χ4n) is 1.95. The molecule has 1 aromatic rings. The zero-order chi connectivity index (χ0) is 12.3. The van der Waals surface area contributed by atoms with Gasteiger partial charge in [-0.05, 0) is 20.4 Å². The Morgan fingerprint density at radius 2 is 2.35 bits per heavy atom. The zero-order valence-electron chi connectivity index (χ0n) is 10.8. The number of thiazole rings is 1. The molecule has 0 aliphatic carbocycles. The summed E-state index contributed by atoms with van der Waals surface area (Å²) in [6.07, 6.45) is 0. The number of hydrogen-bond donors (Lipinski definition) is 1. The number of aryl methyl sites for hydroxylation is 1. The van der Waals surface area contributed by atoms with Crippen LogP contribution in [0, 0.1) is 6.92 Å². The summed E-state index contributed by atoms with van der Waals surface area (Å²) in [5.74, 6) is 2.45. The van der Waals surface area contributed by atoms with E-state index in [0.717, 1.165) is 19.6 Å². The molecular formula is C12H21N3S2. The first-order valence-corrected chi connectivity index (χ1v) is 8.21. The zero-order valence-corrected chi connectivity index (χ0v) is 12.5. The highest BCUT2D eigenvalue weighted by molar-refractivity contribution is 7.99. The van der Waals surface area contributed by atoms with Crippen LogP contribution >= 0.6 is 23.1 Å². The molecule has 96 valence electrons. The lowest BCUT2D eigenvalue weighted by Crippen LogP contribution is -2.40. The summed E-state index contributed by atoms with van der Waals surface area (Å²) >= 11 is 3.90. The van der Waals surface area contributed by atoms with E-state index in [1.165, 1.54) is 27.2 Å². The summed E-state index contributed by atoms with van der Waals surface area (Å²) in [7, 11) is 0. The van der Waals surface area contributed by atoms with E-state index in [2.05, 4.69) is 31.0 Å². The van der Waals surface area contributed by atoms with Crippen LogP contribution in [0.2, 0.25) is 0 Å². The van der Waals surface area contributed by atoms with Crippen molar-refractivity contribution in [1.29, 1.82) is 0 Å². The van der Waals surface area contributed by atoms with Gasteiger partial charge in [0.25, 0.3) is 0 Å². The molecule has 1 saturated heterocycles. The summed E-state index contributed by atoms with van der Waals surface area (Å²) in [5, 5.41) is 4.59. The fourth-order valence-corrected chi connectivity index (χ4v) is 4.12. The maximum Gasteiger partial charge on any atom is 0.186 e. The van der Waals surface area contributed by atoms with Crippen molar-refractivity contribution in [3.63, 3.8) is 0 Å². The molecule has 0 spiro atoms. The Kier molecular flexibility index (Phi) is 4.70. The van der Waals surface area contributed by atoms with Crippen LogP contribution < -0.4 is 10.2 Å². The molecule has 2 rings (SSSR count). The molecule has 0 radical (unpaired) electrons. The van der Waals surface area contributed by atoms with E-state index in [9.17, 15) is 0 Å². The van der Waals surface area contributed by atoms with Crippen LogP contribution in [0.5, 0.6) is 0 Å². The molecule has 0 bridgehead atoms. The Labute approximate surface area is 112 Å². The predicted molar refractivity (Wildman–Crippen MR) is 78.4 cm³/mol. The highest BCUT2D eigenvalue weighted by Crippen LogP contribution is 2.30. The summed E-state index contributed by atoms with van der Waals surface area (Å²) in [6, 6.07) is 0.617. The average molecular weight is 271 g/mol. The van der Waals surface area contributed by atoms with Gasteiger partial charge in [-0.3, -0.25) is 0 Å². The van der Waals surface area contributed by atoms with Gasteiger partial charge < -0.3 is 10.2 Å². The lowest BCUT2D eigenvalue weighted by molar-refractivity contribution is 0.696. The second-order valence-corrected chi connectivity index (χ2v) is 6.61. The van der Waals surface area contributed by atoms with Crippen LogP contribution in [0.3, 0.4) is 0 Å². The number of rotatable bonds is 4. The molecule has 0 amide bonds. The van der Waals surface area contributed by atoms with Gasteiger partial charge in [0.2, 0.25) is 0 Å². The third kappa shape index (κ3) is 3.14. The van der Waals surface area contributed by atoms with Crippen LogP contribution in [-0.2, 0) is 6.54 Å². The number of thioether (sulfide) groups is 1. The van der Waals surface area contributed by atoms with Gasteiger partial charge in [0.15, 0.2) is 5.13 Å². The number of nitrogens with one attached hydrogen (secondary N) is 1. The maximum atomic E-state index is 4.73. The van der Waals surface area contributed by atoms with Crippen LogP contribution in [-0.4, -0.2) is 35.6 Å². The SMILES string of the molecule is CCNCc1sc(N2CCSCC2C)nc1C. The Balaban J connectivity index is 2.10. The lowest BCUT2D eigenvalue weighted by atomic mass is 10.3. The summed E-state index contributed by atoms with van der Waals surface area (Å²) < 4.78 is 0. The molecule has 0 aromatic carbocycles. The van der Waals surface area contributed by atoms with E-state index in [0.29, 0.717) is 6.04 Å². The van der Waals surface area contributed by atoms with Gasteiger partial charge in [-0.1, -0.05) is 6.92 Å². The van der Waals surface area contributed by atoms with Gasteiger partial charge >= 0.3 is 0 Å². The van der Waals surface area contributed by atoms with Crippen molar-refractivity contribution in [2.75, 3.05) is 29.5 Å². The van der Waals surface area contributed by atoms with E-state index >= 15 is 0 Å². The molecule has 1 aliphatic heterocycles. The fraction of sp³-hybridized carbons (Fsp3) is 0.750. The Hall–Kier alpha value is -0.260. The Morgan fingerprint density at radius 3 is 3.06 bits per heavy atom. The molecule has 1 unspecified atom stereocenters. The minimum absolute atomic E-state index is 0.617. The van der Waals surface area contributed by atoms with E-state index < -0.39 is 0 Å². The van der Waals surface area contributed by atoms with Crippen molar-refractivity contribution >= 4 is 28.2 Å². The summed E-state index contributed by atoms with van der Waals surface area (Å²) in [4.78, 5) is 8.58. The number of aromatic nitrogens is 1. The normalized spacial score (nSPS) is 20.9. The molecule has 1 fully saturated rings. The summed E-state index contributed by atoms with van der Waals surface area (Å²) in [5.41, 5.74) is 1.19. The van der Waals surface area contributed by atoms with Gasteiger partial charge in [-0.15, -0.1) is 11.3 Å². The largest absolute Gasteiger partial charge is 0.344 e. The van der Waals surface area contributed by atoms with Crippen molar-refractivity contribution in [3.05, 3.63) is 10.6 Å². The van der Waals surface area contributed by atoms with Crippen molar-refractivity contribution in [3.8, 4) is 0 Å². The van der Waals surface area contributed by atoms with Gasteiger partial charge in [-0.2, -0.15) is 11.8 Å². The Bertz CT molecular complexity index is 365. The summed E-state index contributed by atoms with van der Waals surface area (Å²) in [6.45, 7) is 9.67. The first-order valence-electron chi connectivity index (χ1n) is 6.23. The van der Waals surface area contributed by atoms with Gasteiger partial charge in [0, 0.05) is 35.5 Å². The Morgan fingerprint density at radius 1 is 1.53 bits per heavy atom. The highest BCUT2D eigenvalue weighted by Gasteiger charge is 2.22. The average Bonchev–Trinajstić information content (AvgIpc) is 2.68. The van der Waals surface area contributed by atoms with Gasteiger partial charge in [0.1, 0.15) is 0 Å². The molecule has 1 atom stereocenters. The van der Waals surface area contributed by atoms with E-state index in [-0.39, 0.29) is 0 Å². The number of hydrogen-bond acceptors (Lipinski definition) is 5. The van der Waals surface area contributed by atoms with Crippen LogP contribution in [0.25, 0.3) is 0 Å². The maximum absolute atomic E-state index is 4.73. The monoisotopic (exact) mass is 271 g/mol. The van der Waals surface area contributed by atoms with Crippen molar-refractivity contribution < 1.29 is 0 Å². The predicted octanol–water partition coefficient (Wildman–Crippen LogP) is 2.50. The lowest BCUT2D eigenvalue weighted by Gasteiger charge is -2.32. The van der Waals surface area contributed by atoms with Crippen molar-refractivity contribution in [2.24, 2.45) is 0 Å². The molecule has 17 heavy (non-hydrogen) atoms. The van der Waals surface area contributed by atoms with Crippen molar-refractivity contribution in [2.45, 2.75) is 33.4 Å². The van der Waals surface area contributed by atoms with Crippen molar-refractivity contribution in [1.82, 2.24) is 10.3 Å². The minimum atomic E-state index is 0.617. The topological polar surface area (TPSA) is 28.2 Å². The van der Waals surface area contributed by atoms with Crippen LogP contribution in [0.4, 0.5) is 5.13 Å². The molecule has 1 aromatic heterocycles. The van der Waals surface area contributed by atoms with Crippen LogP contribution in [0.1, 0.15) is 24.4 Å².